The van der Waals surface area contributed by atoms with Gasteiger partial charge in [-0.3, -0.25) is 4.79 Å². The number of halogens is 2. The maximum atomic E-state index is 14.2. The second kappa shape index (κ2) is 5.47. The van der Waals surface area contributed by atoms with Crippen molar-refractivity contribution in [1.29, 1.82) is 0 Å². The minimum atomic E-state index is -3.21. The molecule has 23 heavy (non-hydrogen) atoms. The van der Waals surface area contributed by atoms with Crippen LogP contribution in [-0.2, 0) is 16.1 Å². The lowest BCUT2D eigenvalue weighted by Gasteiger charge is -2.23. The molecule has 0 bridgehead atoms. The molecule has 1 heterocycles. The van der Waals surface area contributed by atoms with Crippen molar-refractivity contribution in [2.75, 3.05) is 13.1 Å². The highest BCUT2D eigenvalue weighted by Gasteiger charge is 2.67. The first-order chi connectivity index (χ1) is 10.8. The smallest absolute Gasteiger partial charge is 0.410 e. The first-order valence-electron chi connectivity index (χ1n) is 7.42. The maximum absolute atomic E-state index is 14.2. The van der Waals surface area contributed by atoms with Crippen LogP contribution in [0, 0.1) is 11.3 Å². The number of rotatable bonds is 4. The molecule has 2 fully saturated rings. The minimum Gasteiger partial charge on any atom is -0.481 e. The average Bonchev–Trinajstić information content (AvgIpc) is 3.25. The Bertz CT molecular complexity index is 616. The fourth-order valence-corrected chi connectivity index (χ4v) is 3.16. The van der Waals surface area contributed by atoms with Gasteiger partial charge in [0.2, 0.25) is 0 Å². The SMILES string of the molecule is O=C(OCc1ccccc1)N1C[C@H](C2(C(=O)O)CC2)C(F)(F)C1. The number of carbonyl (C=O) groups excluding carboxylic acids is 1. The highest BCUT2D eigenvalue weighted by Crippen LogP contribution is 2.59. The zero-order valence-corrected chi connectivity index (χ0v) is 12.4. The Hall–Kier alpha value is -2.18. The van der Waals surface area contributed by atoms with Gasteiger partial charge < -0.3 is 14.7 Å². The number of amides is 1. The van der Waals surface area contributed by atoms with Gasteiger partial charge in [0.05, 0.1) is 17.9 Å². The second-order valence-electron chi connectivity index (χ2n) is 6.20. The van der Waals surface area contributed by atoms with E-state index in [9.17, 15) is 23.5 Å². The third-order valence-electron chi connectivity index (χ3n) is 4.66. The van der Waals surface area contributed by atoms with Gasteiger partial charge in [0, 0.05) is 6.54 Å². The number of ether oxygens (including phenoxy) is 1. The Morgan fingerprint density at radius 1 is 1.26 bits per heavy atom. The fraction of sp³-hybridized carbons (Fsp3) is 0.500. The van der Waals surface area contributed by atoms with E-state index < -0.39 is 35.9 Å². The van der Waals surface area contributed by atoms with Crippen LogP contribution in [0.1, 0.15) is 18.4 Å². The molecule has 5 nitrogen and oxygen atoms in total. The second-order valence-corrected chi connectivity index (χ2v) is 6.20. The third-order valence-corrected chi connectivity index (χ3v) is 4.66. The third kappa shape index (κ3) is 2.87. The Morgan fingerprint density at radius 2 is 1.91 bits per heavy atom. The van der Waals surface area contributed by atoms with E-state index in [0.29, 0.717) is 0 Å². The van der Waals surface area contributed by atoms with Crippen LogP contribution in [0.5, 0.6) is 0 Å². The van der Waals surface area contributed by atoms with Crippen LogP contribution < -0.4 is 0 Å². The molecular formula is C16H17F2NO4. The van der Waals surface area contributed by atoms with Gasteiger partial charge in [0.1, 0.15) is 6.61 Å². The number of hydrogen-bond donors (Lipinski definition) is 1. The molecule has 1 aliphatic heterocycles. The normalized spacial score (nSPS) is 24.3. The van der Waals surface area contributed by atoms with Crippen molar-refractivity contribution in [3.05, 3.63) is 35.9 Å². The summed E-state index contributed by atoms with van der Waals surface area (Å²) in [7, 11) is 0. The number of carboxylic acid groups (broad SMARTS) is 1. The topological polar surface area (TPSA) is 66.8 Å². The number of hydrogen-bond acceptors (Lipinski definition) is 3. The minimum absolute atomic E-state index is 0.00349. The predicted octanol–water partition coefficient (Wildman–Crippen LogP) is 2.76. The lowest BCUT2D eigenvalue weighted by molar-refractivity contribution is -0.151. The molecule has 1 amide bonds. The summed E-state index contributed by atoms with van der Waals surface area (Å²) in [6.45, 7) is -1.08. The molecule has 2 aliphatic rings. The van der Waals surface area contributed by atoms with Gasteiger partial charge in [-0.15, -0.1) is 0 Å². The molecule has 0 spiro atoms. The van der Waals surface area contributed by atoms with Gasteiger partial charge in [0.25, 0.3) is 5.92 Å². The summed E-state index contributed by atoms with van der Waals surface area (Å²) >= 11 is 0. The van der Waals surface area contributed by atoms with Gasteiger partial charge in [-0.25, -0.2) is 13.6 Å². The van der Waals surface area contributed by atoms with Crippen molar-refractivity contribution < 1.29 is 28.2 Å². The molecule has 1 aliphatic carbocycles. The molecule has 7 heteroatoms. The van der Waals surface area contributed by atoms with Gasteiger partial charge >= 0.3 is 12.1 Å². The van der Waals surface area contributed by atoms with Crippen LogP contribution in [0.15, 0.2) is 30.3 Å². The van der Waals surface area contributed by atoms with E-state index in [1.165, 1.54) is 0 Å². The molecule has 124 valence electrons. The number of benzene rings is 1. The number of alkyl halides is 2. The summed E-state index contributed by atoms with van der Waals surface area (Å²) in [6.07, 6.45) is -0.373. The van der Waals surface area contributed by atoms with Crippen LogP contribution >= 0.6 is 0 Å². The lowest BCUT2D eigenvalue weighted by Crippen LogP contribution is -2.38. The molecule has 0 unspecified atom stereocenters. The summed E-state index contributed by atoms with van der Waals surface area (Å²) < 4.78 is 33.4. The van der Waals surface area contributed by atoms with Gasteiger partial charge in [-0.2, -0.15) is 0 Å². The van der Waals surface area contributed by atoms with E-state index in [2.05, 4.69) is 0 Å². The highest BCUT2D eigenvalue weighted by atomic mass is 19.3. The van der Waals surface area contributed by atoms with Crippen LogP contribution in [0.3, 0.4) is 0 Å². The molecule has 1 aromatic rings. The molecule has 1 atom stereocenters. The Morgan fingerprint density at radius 3 is 2.48 bits per heavy atom. The zero-order chi connectivity index (χ0) is 16.7. The van der Waals surface area contributed by atoms with E-state index >= 15 is 0 Å². The van der Waals surface area contributed by atoms with Crippen LogP contribution in [0.25, 0.3) is 0 Å². The Kier molecular flexibility index (Phi) is 3.74. The lowest BCUT2D eigenvalue weighted by atomic mass is 9.86. The van der Waals surface area contributed by atoms with Crippen molar-refractivity contribution in [3.63, 3.8) is 0 Å². The van der Waals surface area contributed by atoms with Crippen molar-refractivity contribution in [3.8, 4) is 0 Å². The summed E-state index contributed by atoms with van der Waals surface area (Å²) in [5.41, 5.74) is -0.634. The van der Waals surface area contributed by atoms with Crippen LogP contribution in [0.4, 0.5) is 13.6 Å². The Labute approximate surface area is 131 Å². The monoisotopic (exact) mass is 325 g/mol. The molecule has 1 N–H and O–H groups in total. The number of likely N-dealkylation sites (tertiary alicyclic amines) is 1. The van der Waals surface area contributed by atoms with E-state index in [4.69, 9.17) is 4.74 Å². The van der Waals surface area contributed by atoms with E-state index in [1.54, 1.807) is 24.3 Å². The van der Waals surface area contributed by atoms with Crippen molar-refractivity contribution in [2.24, 2.45) is 11.3 Å². The number of aliphatic carboxylic acids is 1. The Balaban J connectivity index is 1.63. The molecule has 1 saturated carbocycles. The summed E-state index contributed by atoms with van der Waals surface area (Å²) in [4.78, 5) is 24.2. The van der Waals surface area contributed by atoms with E-state index in [1.807, 2.05) is 6.07 Å². The zero-order valence-electron chi connectivity index (χ0n) is 12.4. The molecular weight excluding hydrogens is 308 g/mol. The van der Waals surface area contributed by atoms with Crippen molar-refractivity contribution in [2.45, 2.75) is 25.4 Å². The largest absolute Gasteiger partial charge is 0.481 e. The summed E-state index contributed by atoms with van der Waals surface area (Å²) in [5, 5.41) is 9.21. The van der Waals surface area contributed by atoms with Gasteiger partial charge in [-0.1, -0.05) is 30.3 Å². The quantitative estimate of drug-likeness (QED) is 0.924. The van der Waals surface area contributed by atoms with Crippen molar-refractivity contribution in [1.82, 2.24) is 4.90 Å². The first-order valence-corrected chi connectivity index (χ1v) is 7.42. The van der Waals surface area contributed by atoms with E-state index in [0.717, 1.165) is 10.5 Å². The van der Waals surface area contributed by atoms with Gasteiger partial charge in [-0.05, 0) is 18.4 Å². The first kappa shape index (κ1) is 15.7. The number of carbonyl (C=O) groups is 2. The summed E-state index contributed by atoms with van der Waals surface area (Å²) in [6, 6.07) is 8.91. The standard InChI is InChI=1S/C16H17F2NO4/c17-16(18)10-19(8-12(16)15(6-7-15)13(20)21)14(22)23-9-11-4-2-1-3-5-11/h1-5,12H,6-10H2,(H,20,21)/t12-/m1/s1. The summed E-state index contributed by atoms with van der Waals surface area (Å²) in [5.74, 6) is -5.76. The molecule has 0 aromatic heterocycles. The predicted molar refractivity (Wildman–Crippen MR) is 75.9 cm³/mol. The molecule has 3 rings (SSSR count). The number of carboxylic acids is 1. The highest BCUT2D eigenvalue weighted by molar-refractivity contribution is 5.79. The van der Waals surface area contributed by atoms with Crippen LogP contribution in [0.2, 0.25) is 0 Å². The van der Waals surface area contributed by atoms with E-state index in [-0.39, 0.29) is 26.0 Å². The average molecular weight is 325 g/mol. The van der Waals surface area contributed by atoms with Crippen molar-refractivity contribution >= 4 is 12.1 Å². The fourth-order valence-electron chi connectivity index (χ4n) is 3.16. The number of nitrogens with zero attached hydrogens (tertiary/aromatic N) is 1. The maximum Gasteiger partial charge on any atom is 0.410 e. The molecule has 1 aromatic carbocycles. The van der Waals surface area contributed by atoms with Crippen LogP contribution in [-0.4, -0.2) is 41.1 Å². The van der Waals surface area contributed by atoms with Gasteiger partial charge in [0.15, 0.2) is 0 Å². The molecule has 1 saturated heterocycles. The molecule has 0 radical (unpaired) electrons.